The number of para-hydroxylation sites is 2. The van der Waals surface area contributed by atoms with Gasteiger partial charge in [-0.3, -0.25) is 9.69 Å². The molecule has 2 fully saturated rings. The summed E-state index contributed by atoms with van der Waals surface area (Å²) in [6.45, 7) is 3.65. The summed E-state index contributed by atoms with van der Waals surface area (Å²) in [7, 11) is 0. The first-order valence-corrected chi connectivity index (χ1v) is 12.6. The number of halogens is 4. The van der Waals surface area contributed by atoms with Crippen molar-refractivity contribution in [1.29, 1.82) is 0 Å². The predicted molar refractivity (Wildman–Crippen MR) is 130 cm³/mol. The van der Waals surface area contributed by atoms with E-state index in [1.54, 1.807) is 11.0 Å². The van der Waals surface area contributed by atoms with Gasteiger partial charge in [-0.1, -0.05) is 42.5 Å². The number of carbonyl (C=O) groups is 1. The van der Waals surface area contributed by atoms with Crippen molar-refractivity contribution in [3.8, 4) is 5.75 Å². The van der Waals surface area contributed by atoms with Gasteiger partial charge in [0, 0.05) is 39.0 Å². The van der Waals surface area contributed by atoms with Crippen molar-refractivity contribution < 1.29 is 27.1 Å². The zero-order chi connectivity index (χ0) is 25.6. The van der Waals surface area contributed by atoms with Gasteiger partial charge in [0.15, 0.2) is 11.4 Å². The molecular weight excluding hydrogens is 474 g/mol. The number of piperidine rings is 2. The summed E-state index contributed by atoms with van der Waals surface area (Å²) in [5.41, 5.74) is -0.468. The number of alkyl halides is 4. The van der Waals surface area contributed by atoms with Crippen molar-refractivity contribution >= 4 is 11.6 Å². The monoisotopic (exact) mass is 507 g/mol. The van der Waals surface area contributed by atoms with E-state index in [1.165, 1.54) is 23.8 Å². The Morgan fingerprint density at radius 1 is 0.972 bits per heavy atom. The number of nitrogens with zero attached hydrogens (tertiary/aromatic N) is 2. The molecule has 2 heterocycles. The van der Waals surface area contributed by atoms with E-state index in [4.69, 9.17) is 0 Å². The smallest absolute Gasteiger partial charge is 0.404 e. The van der Waals surface area contributed by atoms with Crippen LogP contribution in [0.15, 0.2) is 54.6 Å². The molecule has 36 heavy (non-hydrogen) atoms. The first-order chi connectivity index (χ1) is 17.2. The van der Waals surface area contributed by atoms with E-state index in [0.29, 0.717) is 12.5 Å². The molecule has 0 saturated carbocycles. The van der Waals surface area contributed by atoms with Crippen molar-refractivity contribution in [3.63, 3.8) is 0 Å². The minimum atomic E-state index is -4.81. The van der Waals surface area contributed by atoms with Crippen molar-refractivity contribution in [3.05, 3.63) is 60.2 Å². The van der Waals surface area contributed by atoms with Crippen LogP contribution >= 0.6 is 0 Å². The second kappa shape index (κ2) is 11.5. The van der Waals surface area contributed by atoms with Crippen LogP contribution < -0.4 is 15.0 Å². The van der Waals surface area contributed by atoms with Crippen molar-refractivity contribution in [2.24, 2.45) is 5.92 Å². The van der Waals surface area contributed by atoms with E-state index >= 15 is 4.39 Å². The van der Waals surface area contributed by atoms with E-state index in [-0.39, 0.29) is 37.4 Å². The molecule has 5 nitrogen and oxygen atoms in total. The summed E-state index contributed by atoms with van der Waals surface area (Å²) in [5.74, 6) is -0.445. The van der Waals surface area contributed by atoms with Gasteiger partial charge in [-0.2, -0.15) is 0 Å². The number of rotatable bonds is 8. The lowest BCUT2D eigenvalue weighted by atomic mass is 9.91. The van der Waals surface area contributed by atoms with Crippen LogP contribution in [0.3, 0.4) is 0 Å². The fourth-order valence-corrected chi connectivity index (χ4v) is 5.08. The van der Waals surface area contributed by atoms with Crippen LogP contribution in [-0.2, 0) is 11.3 Å². The fraction of sp³-hybridized carbons (Fsp3) is 0.519. The first-order valence-electron chi connectivity index (χ1n) is 12.6. The summed E-state index contributed by atoms with van der Waals surface area (Å²) in [6, 6.07) is 16.2. The van der Waals surface area contributed by atoms with Gasteiger partial charge in [0.2, 0.25) is 0 Å². The average molecular weight is 508 g/mol. The molecule has 2 aromatic carbocycles. The zero-order valence-corrected chi connectivity index (χ0v) is 20.3. The highest BCUT2D eigenvalue weighted by Gasteiger charge is 2.42. The topological polar surface area (TPSA) is 44.8 Å². The van der Waals surface area contributed by atoms with E-state index in [0.717, 1.165) is 38.9 Å². The molecular formula is C27H33F4N3O2. The number of carbonyl (C=O) groups excluding carboxylic acids is 1. The second-order valence-electron chi connectivity index (χ2n) is 9.72. The van der Waals surface area contributed by atoms with E-state index < -0.39 is 17.9 Å². The van der Waals surface area contributed by atoms with Crippen LogP contribution in [0.5, 0.6) is 5.75 Å². The van der Waals surface area contributed by atoms with E-state index in [9.17, 15) is 18.0 Å². The van der Waals surface area contributed by atoms with Crippen molar-refractivity contribution in [1.82, 2.24) is 10.2 Å². The molecule has 2 saturated heterocycles. The number of hydrogen-bond acceptors (Lipinski definition) is 4. The molecule has 0 aromatic heterocycles. The maximum atomic E-state index is 15.4. The minimum absolute atomic E-state index is 0.0862. The molecule has 0 aliphatic carbocycles. The van der Waals surface area contributed by atoms with Crippen LogP contribution in [-0.4, -0.2) is 55.6 Å². The quantitative estimate of drug-likeness (QED) is 0.492. The third-order valence-corrected chi connectivity index (χ3v) is 7.19. The van der Waals surface area contributed by atoms with Crippen LogP contribution in [0.2, 0.25) is 0 Å². The number of likely N-dealkylation sites (tertiary alicyclic amines) is 1. The van der Waals surface area contributed by atoms with Crippen molar-refractivity contribution in [2.75, 3.05) is 37.6 Å². The molecule has 4 rings (SSSR count). The number of hydrogen-bond donors (Lipinski definition) is 1. The van der Waals surface area contributed by atoms with Gasteiger partial charge in [-0.25, -0.2) is 4.39 Å². The largest absolute Gasteiger partial charge is 0.573 e. The van der Waals surface area contributed by atoms with Gasteiger partial charge >= 0.3 is 6.36 Å². The Bertz CT molecular complexity index is 986. The Kier molecular flexibility index (Phi) is 8.39. The predicted octanol–water partition coefficient (Wildman–Crippen LogP) is 5.31. The molecule has 0 bridgehead atoms. The van der Waals surface area contributed by atoms with Crippen LogP contribution in [0.25, 0.3) is 0 Å². The second-order valence-corrected chi connectivity index (χ2v) is 9.72. The molecule has 0 atom stereocenters. The van der Waals surface area contributed by atoms with E-state index in [1.807, 2.05) is 18.2 Å². The van der Waals surface area contributed by atoms with Crippen molar-refractivity contribution in [2.45, 2.75) is 50.7 Å². The molecule has 1 amide bonds. The number of amides is 1. The molecule has 2 aliphatic rings. The summed E-state index contributed by atoms with van der Waals surface area (Å²) in [5, 5.41) is 2.77. The maximum absolute atomic E-state index is 15.4. The third-order valence-electron chi connectivity index (χ3n) is 7.19. The lowest BCUT2D eigenvalue weighted by Gasteiger charge is -2.37. The minimum Gasteiger partial charge on any atom is -0.404 e. The molecule has 2 aliphatic heterocycles. The average Bonchev–Trinajstić information content (AvgIpc) is 2.86. The zero-order valence-electron chi connectivity index (χ0n) is 20.3. The van der Waals surface area contributed by atoms with Crippen LogP contribution in [0.1, 0.15) is 37.7 Å². The normalized spacial score (nSPS) is 19.2. The lowest BCUT2D eigenvalue weighted by molar-refractivity contribution is -0.274. The Morgan fingerprint density at radius 2 is 1.61 bits per heavy atom. The summed E-state index contributed by atoms with van der Waals surface area (Å²) in [6.07, 6.45) is -2.06. The SMILES string of the molecule is O=C(NCCC1CCN(Cc2ccccc2)CC1)C1(F)CCN(c2ccccc2OC(F)(F)F)CC1. The van der Waals surface area contributed by atoms with Gasteiger partial charge < -0.3 is 15.0 Å². The first kappa shape index (κ1) is 26.3. The molecule has 196 valence electrons. The molecule has 9 heteroatoms. The Morgan fingerprint density at radius 3 is 2.28 bits per heavy atom. The van der Waals surface area contributed by atoms with Gasteiger partial charge in [-0.15, -0.1) is 13.2 Å². The molecule has 0 radical (unpaired) electrons. The summed E-state index contributed by atoms with van der Waals surface area (Å²) < 4.78 is 57.7. The maximum Gasteiger partial charge on any atom is 0.573 e. The molecule has 2 aromatic rings. The van der Waals surface area contributed by atoms with Gasteiger partial charge in [-0.05, 0) is 56.0 Å². The van der Waals surface area contributed by atoms with Crippen LogP contribution in [0, 0.1) is 5.92 Å². The molecule has 1 N–H and O–H groups in total. The summed E-state index contributed by atoms with van der Waals surface area (Å²) in [4.78, 5) is 16.7. The highest BCUT2D eigenvalue weighted by Crippen LogP contribution is 2.36. The molecule has 0 unspecified atom stereocenters. The Balaban J connectivity index is 1.19. The fourth-order valence-electron chi connectivity index (χ4n) is 5.08. The van der Waals surface area contributed by atoms with E-state index in [2.05, 4.69) is 27.1 Å². The number of anilines is 1. The van der Waals surface area contributed by atoms with Gasteiger partial charge in [0.05, 0.1) is 5.69 Å². The van der Waals surface area contributed by atoms with Gasteiger partial charge in [0.25, 0.3) is 5.91 Å². The lowest BCUT2D eigenvalue weighted by Crippen LogP contribution is -2.51. The van der Waals surface area contributed by atoms with Gasteiger partial charge in [0.1, 0.15) is 0 Å². The Labute approximate surface area is 209 Å². The Hall–Kier alpha value is -2.81. The third kappa shape index (κ3) is 7.12. The highest BCUT2D eigenvalue weighted by molar-refractivity contribution is 5.85. The van der Waals surface area contributed by atoms with Crippen LogP contribution in [0.4, 0.5) is 23.2 Å². The standard InChI is InChI=1S/C27H33F4N3O2/c28-26(13-18-34(19-14-26)23-8-4-5-9-24(23)36-27(29,30)31)25(35)32-15-10-21-11-16-33(17-12-21)20-22-6-2-1-3-7-22/h1-9,21H,10-20H2,(H,32,35). The number of benzene rings is 2. The molecule has 0 spiro atoms. The summed E-state index contributed by atoms with van der Waals surface area (Å²) >= 11 is 0. The number of ether oxygens (including phenoxy) is 1. The number of nitrogens with one attached hydrogen (secondary N) is 1. The highest BCUT2D eigenvalue weighted by atomic mass is 19.4.